The van der Waals surface area contributed by atoms with Gasteiger partial charge in [0.2, 0.25) is 0 Å². The molecule has 0 aliphatic carbocycles. The Labute approximate surface area is 133 Å². The third-order valence-electron chi connectivity index (χ3n) is 3.54. The molecule has 0 aliphatic rings. The SMILES string of the molecule is COc1ccc(C=N)cc1-c1cc(-c2ccc(C=N)cc2)no1. The van der Waals surface area contributed by atoms with Crippen LogP contribution in [0.25, 0.3) is 22.6 Å². The van der Waals surface area contributed by atoms with Gasteiger partial charge in [-0.1, -0.05) is 29.4 Å². The van der Waals surface area contributed by atoms with E-state index in [2.05, 4.69) is 5.16 Å². The molecule has 0 radical (unpaired) electrons. The first-order valence-corrected chi connectivity index (χ1v) is 7.01. The van der Waals surface area contributed by atoms with E-state index in [1.807, 2.05) is 42.5 Å². The Balaban J connectivity index is 2.01. The molecule has 0 unspecified atom stereocenters. The summed E-state index contributed by atoms with van der Waals surface area (Å²) in [5, 5.41) is 18.7. The van der Waals surface area contributed by atoms with Crippen LogP contribution in [0.2, 0.25) is 0 Å². The van der Waals surface area contributed by atoms with Gasteiger partial charge in [0.15, 0.2) is 5.76 Å². The zero-order valence-electron chi connectivity index (χ0n) is 12.5. The van der Waals surface area contributed by atoms with Crippen molar-refractivity contribution >= 4 is 12.4 Å². The van der Waals surface area contributed by atoms with Crippen LogP contribution in [0.5, 0.6) is 5.75 Å². The van der Waals surface area contributed by atoms with Crippen LogP contribution < -0.4 is 4.74 Å². The zero-order chi connectivity index (χ0) is 16.2. The van der Waals surface area contributed by atoms with E-state index in [-0.39, 0.29) is 0 Å². The van der Waals surface area contributed by atoms with Crippen LogP contribution in [0.15, 0.2) is 53.1 Å². The van der Waals surface area contributed by atoms with Crippen LogP contribution in [-0.2, 0) is 0 Å². The summed E-state index contributed by atoms with van der Waals surface area (Å²) in [4.78, 5) is 0. The van der Waals surface area contributed by atoms with Gasteiger partial charge in [0.05, 0.1) is 12.7 Å². The molecule has 1 aromatic heterocycles. The van der Waals surface area contributed by atoms with Crippen molar-refractivity contribution in [2.24, 2.45) is 0 Å². The molecule has 0 fully saturated rings. The Morgan fingerprint density at radius 3 is 2.30 bits per heavy atom. The van der Waals surface area contributed by atoms with Crippen molar-refractivity contribution in [2.75, 3.05) is 7.11 Å². The first kappa shape index (κ1) is 14.7. The Morgan fingerprint density at radius 1 is 0.957 bits per heavy atom. The van der Waals surface area contributed by atoms with E-state index in [1.165, 1.54) is 12.4 Å². The standard InChI is InChI=1S/C18H15N3O2/c1-22-17-7-4-13(11-20)8-15(17)18-9-16(21-23-18)14-5-2-12(10-19)3-6-14/h2-11,19-20H,1H3. The van der Waals surface area contributed by atoms with Crippen LogP contribution in [0.1, 0.15) is 11.1 Å². The van der Waals surface area contributed by atoms with Gasteiger partial charge in [0.1, 0.15) is 11.4 Å². The van der Waals surface area contributed by atoms with Crippen LogP contribution in [-0.4, -0.2) is 24.7 Å². The summed E-state index contributed by atoms with van der Waals surface area (Å²) < 4.78 is 10.8. The highest BCUT2D eigenvalue weighted by atomic mass is 16.5. The minimum absolute atomic E-state index is 0.580. The molecule has 3 aromatic rings. The fourth-order valence-corrected chi connectivity index (χ4v) is 2.30. The number of nitrogens with zero attached hydrogens (tertiary/aromatic N) is 1. The lowest BCUT2D eigenvalue weighted by Crippen LogP contribution is -1.89. The van der Waals surface area contributed by atoms with Crippen LogP contribution >= 0.6 is 0 Å². The van der Waals surface area contributed by atoms with E-state index in [0.717, 1.165) is 22.3 Å². The Bertz CT molecular complexity index is 851. The number of methoxy groups -OCH3 is 1. The minimum atomic E-state index is 0.580. The van der Waals surface area contributed by atoms with Gasteiger partial charge < -0.3 is 20.1 Å². The quantitative estimate of drug-likeness (QED) is 0.698. The molecular weight excluding hydrogens is 290 g/mol. The van der Waals surface area contributed by atoms with Gasteiger partial charge in [-0.3, -0.25) is 0 Å². The van der Waals surface area contributed by atoms with Crippen LogP contribution in [0.4, 0.5) is 0 Å². The second kappa shape index (κ2) is 6.27. The zero-order valence-corrected chi connectivity index (χ0v) is 12.5. The van der Waals surface area contributed by atoms with Crippen molar-refractivity contribution in [2.45, 2.75) is 0 Å². The van der Waals surface area contributed by atoms with E-state index in [4.69, 9.17) is 20.1 Å². The fourth-order valence-electron chi connectivity index (χ4n) is 2.30. The average molecular weight is 305 g/mol. The molecule has 0 spiro atoms. The molecule has 5 nitrogen and oxygen atoms in total. The number of hydrogen-bond donors (Lipinski definition) is 2. The largest absolute Gasteiger partial charge is 0.496 e. The maximum Gasteiger partial charge on any atom is 0.171 e. The van der Waals surface area contributed by atoms with Gasteiger partial charge in [0, 0.05) is 24.1 Å². The Hall–Kier alpha value is -3.21. The van der Waals surface area contributed by atoms with E-state index in [9.17, 15) is 0 Å². The average Bonchev–Trinajstić information content (AvgIpc) is 3.11. The molecule has 0 aliphatic heterocycles. The highest BCUT2D eigenvalue weighted by Gasteiger charge is 2.13. The summed E-state index contributed by atoms with van der Waals surface area (Å²) in [6.07, 6.45) is 2.57. The summed E-state index contributed by atoms with van der Waals surface area (Å²) in [6, 6.07) is 14.8. The maximum atomic E-state index is 7.38. The molecule has 2 N–H and O–H groups in total. The summed E-state index contributed by atoms with van der Waals surface area (Å²) in [6.45, 7) is 0. The lowest BCUT2D eigenvalue weighted by molar-refractivity contribution is 0.407. The molecule has 1 heterocycles. The predicted octanol–water partition coefficient (Wildman–Crippen LogP) is 4.01. The molecule has 0 atom stereocenters. The first-order chi connectivity index (χ1) is 11.2. The number of hydrogen-bond acceptors (Lipinski definition) is 5. The lowest BCUT2D eigenvalue weighted by Gasteiger charge is -2.06. The van der Waals surface area contributed by atoms with E-state index >= 15 is 0 Å². The van der Waals surface area contributed by atoms with Crippen molar-refractivity contribution in [1.29, 1.82) is 10.8 Å². The predicted molar refractivity (Wildman–Crippen MR) is 89.7 cm³/mol. The third-order valence-corrected chi connectivity index (χ3v) is 3.54. The number of rotatable bonds is 5. The minimum Gasteiger partial charge on any atom is -0.496 e. The lowest BCUT2D eigenvalue weighted by atomic mass is 10.1. The fraction of sp³-hybridized carbons (Fsp3) is 0.0556. The van der Waals surface area contributed by atoms with Crippen LogP contribution in [0, 0.1) is 10.8 Å². The third kappa shape index (κ3) is 2.89. The Morgan fingerprint density at radius 2 is 1.65 bits per heavy atom. The monoisotopic (exact) mass is 305 g/mol. The smallest absolute Gasteiger partial charge is 0.171 e. The normalized spacial score (nSPS) is 10.3. The highest BCUT2D eigenvalue weighted by Crippen LogP contribution is 2.33. The molecule has 5 heteroatoms. The molecule has 0 amide bonds. The van der Waals surface area contributed by atoms with Crippen LogP contribution in [0.3, 0.4) is 0 Å². The first-order valence-electron chi connectivity index (χ1n) is 7.01. The van der Waals surface area contributed by atoms with Gasteiger partial charge in [0.25, 0.3) is 0 Å². The number of nitrogens with one attached hydrogen (secondary N) is 2. The van der Waals surface area contributed by atoms with Gasteiger partial charge in [-0.05, 0) is 29.3 Å². The molecule has 0 saturated heterocycles. The molecule has 0 bridgehead atoms. The summed E-state index contributed by atoms with van der Waals surface area (Å²) in [5.74, 6) is 1.24. The molecule has 114 valence electrons. The highest BCUT2D eigenvalue weighted by molar-refractivity contribution is 5.82. The van der Waals surface area contributed by atoms with Gasteiger partial charge in [-0.2, -0.15) is 0 Å². The van der Waals surface area contributed by atoms with Gasteiger partial charge in [-0.25, -0.2) is 0 Å². The second-order valence-electron chi connectivity index (χ2n) is 4.95. The van der Waals surface area contributed by atoms with Gasteiger partial charge >= 0.3 is 0 Å². The number of aromatic nitrogens is 1. The van der Waals surface area contributed by atoms with Crippen molar-refractivity contribution in [3.05, 3.63) is 59.7 Å². The summed E-state index contributed by atoms with van der Waals surface area (Å²) in [7, 11) is 1.59. The summed E-state index contributed by atoms with van der Waals surface area (Å²) in [5.41, 5.74) is 3.96. The molecule has 2 aromatic carbocycles. The molecule has 23 heavy (non-hydrogen) atoms. The molecular formula is C18H15N3O2. The summed E-state index contributed by atoms with van der Waals surface area (Å²) >= 11 is 0. The van der Waals surface area contributed by atoms with Gasteiger partial charge in [-0.15, -0.1) is 0 Å². The van der Waals surface area contributed by atoms with Crippen molar-refractivity contribution < 1.29 is 9.26 Å². The molecule has 3 rings (SSSR count). The molecule has 0 saturated carbocycles. The topological polar surface area (TPSA) is 83.0 Å². The Kier molecular flexibility index (Phi) is 4.01. The number of benzene rings is 2. The van der Waals surface area contributed by atoms with Crippen molar-refractivity contribution in [1.82, 2.24) is 5.16 Å². The van der Waals surface area contributed by atoms with E-state index in [1.54, 1.807) is 13.2 Å². The number of ether oxygens (including phenoxy) is 1. The maximum absolute atomic E-state index is 7.38. The van der Waals surface area contributed by atoms with E-state index < -0.39 is 0 Å². The second-order valence-corrected chi connectivity index (χ2v) is 4.95. The van der Waals surface area contributed by atoms with Crippen molar-refractivity contribution in [3.63, 3.8) is 0 Å². The van der Waals surface area contributed by atoms with Crippen molar-refractivity contribution in [3.8, 4) is 28.3 Å². The van der Waals surface area contributed by atoms with E-state index in [0.29, 0.717) is 17.2 Å².